The number of hydrogen-bond acceptors (Lipinski definition) is 2. The highest BCUT2D eigenvalue weighted by Crippen LogP contribution is 2.23. The highest BCUT2D eigenvalue weighted by Gasteiger charge is 2.34. The third kappa shape index (κ3) is 3.68. The summed E-state index contributed by atoms with van der Waals surface area (Å²) in [6.07, 6.45) is 1.23. The smallest absolute Gasteiger partial charge is 0.254 e. The number of nitrogens with one attached hydrogen (secondary N) is 1. The highest BCUT2D eigenvalue weighted by atomic mass is 19.1. The molecule has 2 aromatic carbocycles. The maximum Gasteiger partial charge on any atom is 0.254 e. The second kappa shape index (κ2) is 7.01. The van der Waals surface area contributed by atoms with Gasteiger partial charge in [-0.05, 0) is 61.7 Å². The van der Waals surface area contributed by atoms with Crippen LogP contribution in [0.2, 0.25) is 0 Å². The molecule has 1 aliphatic rings. The molecule has 0 aliphatic carbocycles. The Morgan fingerprint density at radius 2 is 1.88 bits per heavy atom. The van der Waals surface area contributed by atoms with E-state index in [4.69, 9.17) is 0 Å². The van der Waals surface area contributed by atoms with Gasteiger partial charge < -0.3 is 10.2 Å². The van der Waals surface area contributed by atoms with Crippen molar-refractivity contribution in [1.82, 2.24) is 4.90 Å². The minimum Gasteiger partial charge on any atom is -0.327 e. The van der Waals surface area contributed by atoms with E-state index in [0.717, 1.165) is 0 Å². The molecule has 0 saturated carbocycles. The highest BCUT2D eigenvalue weighted by molar-refractivity contribution is 6.01. The molecule has 0 spiro atoms. The normalized spacial score (nSPS) is 16.8. The van der Waals surface area contributed by atoms with Gasteiger partial charge in [0.2, 0.25) is 5.91 Å². The second-order valence-corrected chi connectivity index (χ2v) is 6.12. The van der Waals surface area contributed by atoms with E-state index < -0.39 is 11.9 Å². The molecule has 0 aromatic heterocycles. The van der Waals surface area contributed by atoms with E-state index >= 15 is 0 Å². The lowest BCUT2D eigenvalue weighted by molar-refractivity contribution is -0.119. The first kappa shape index (κ1) is 17.1. The Balaban J connectivity index is 1.76. The number of likely N-dealkylation sites (tertiary alicyclic amines) is 1. The largest absolute Gasteiger partial charge is 0.327 e. The number of hydrogen-bond donors (Lipinski definition) is 1. The standard InChI is InChI=1S/C19H18F2N2O2/c1-12-10-15(21)7-8-16(12)22-18(24)17-6-3-9-23(17)19(25)13-4-2-5-14(20)11-13/h2,4-5,7-8,10-11,17H,3,6,9H2,1H3,(H,22,24)/t17-/m0/s1. The third-order valence-electron chi connectivity index (χ3n) is 4.33. The minimum absolute atomic E-state index is 0.220. The van der Waals surface area contributed by atoms with E-state index in [1.54, 1.807) is 6.92 Å². The molecule has 130 valence electrons. The number of rotatable bonds is 3. The van der Waals surface area contributed by atoms with Crippen molar-refractivity contribution in [3.63, 3.8) is 0 Å². The minimum atomic E-state index is -0.625. The van der Waals surface area contributed by atoms with Gasteiger partial charge in [0, 0.05) is 17.8 Å². The molecule has 3 rings (SSSR count). The summed E-state index contributed by atoms with van der Waals surface area (Å²) in [4.78, 5) is 26.7. The van der Waals surface area contributed by atoms with Crippen LogP contribution in [0.5, 0.6) is 0 Å². The Kier molecular flexibility index (Phi) is 4.79. The zero-order chi connectivity index (χ0) is 18.0. The van der Waals surface area contributed by atoms with Crippen molar-refractivity contribution in [2.45, 2.75) is 25.8 Å². The zero-order valence-electron chi connectivity index (χ0n) is 13.8. The summed E-state index contributed by atoms with van der Waals surface area (Å²) >= 11 is 0. The van der Waals surface area contributed by atoms with E-state index in [-0.39, 0.29) is 23.2 Å². The molecule has 0 unspecified atom stereocenters. The van der Waals surface area contributed by atoms with Gasteiger partial charge in [0.25, 0.3) is 5.91 Å². The fourth-order valence-electron chi connectivity index (χ4n) is 3.05. The first-order valence-electron chi connectivity index (χ1n) is 8.09. The number of halogens is 2. The average Bonchev–Trinajstić information content (AvgIpc) is 3.06. The van der Waals surface area contributed by atoms with Gasteiger partial charge in [-0.25, -0.2) is 8.78 Å². The van der Waals surface area contributed by atoms with Gasteiger partial charge in [-0.15, -0.1) is 0 Å². The lowest BCUT2D eigenvalue weighted by Crippen LogP contribution is -2.43. The topological polar surface area (TPSA) is 49.4 Å². The molecule has 1 aliphatic heterocycles. The Morgan fingerprint density at radius 3 is 2.60 bits per heavy atom. The van der Waals surface area contributed by atoms with Gasteiger partial charge in [-0.1, -0.05) is 6.07 Å². The third-order valence-corrected chi connectivity index (χ3v) is 4.33. The number of aryl methyl sites for hydroxylation is 1. The Morgan fingerprint density at radius 1 is 1.12 bits per heavy atom. The van der Waals surface area contributed by atoms with Crippen LogP contribution in [0, 0.1) is 18.6 Å². The first-order valence-corrected chi connectivity index (χ1v) is 8.09. The number of carbonyl (C=O) groups is 2. The monoisotopic (exact) mass is 344 g/mol. The Hall–Kier alpha value is -2.76. The van der Waals surface area contributed by atoms with Crippen molar-refractivity contribution in [3.05, 3.63) is 65.2 Å². The van der Waals surface area contributed by atoms with E-state index in [1.807, 2.05) is 0 Å². The SMILES string of the molecule is Cc1cc(F)ccc1NC(=O)[C@@H]1CCCN1C(=O)c1cccc(F)c1. The van der Waals surface area contributed by atoms with Crippen molar-refractivity contribution in [2.24, 2.45) is 0 Å². The molecule has 2 amide bonds. The molecule has 2 aromatic rings. The van der Waals surface area contributed by atoms with E-state index in [1.165, 1.54) is 47.4 Å². The number of nitrogens with zero attached hydrogens (tertiary/aromatic N) is 1. The average molecular weight is 344 g/mol. The van der Waals surface area contributed by atoms with Crippen molar-refractivity contribution in [3.8, 4) is 0 Å². The molecule has 1 N–H and O–H groups in total. The lowest BCUT2D eigenvalue weighted by atomic mass is 10.1. The van der Waals surface area contributed by atoms with Gasteiger partial charge in [-0.2, -0.15) is 0 Å². The zero-order valence-corrected chi connectivity index (χ0v) is 13.8. The predicted octanol–water partition coefficient (Wildman–Crippen LogP) is 3.52. The van der Waals surface area contributed by atoms with Gasteiger partial charge in [0.1, 0.15) is 17.7 Å². The molecule has 25 heavy (non-hydrogen) atoms. The quantitative estimate of drug-likeness (QED) is 0.926. The van der Waals surface area contributed by atoms with Crippen molar-refractivity contribution < 1.29 is 18.4 Å². The van der Waals surface area contributed by atoms with Gasteiger partial charge in [0.05, 0.1) is 0 Å². The summed E-state index contributed by atoms with van der Waals surface area (Å²) in [5, 5.41) is 2.75. The summed E-state index contributed by atoms with van der Waals surface area (Å²) in [6.45, 7) is 2.14. The Labute approximate surface area is 144 Å². The molecule has 1 atom stereocenters. The Bertz CT molecular complexity index is 823. The van der Waals surface area contributed by atoms with E-state index in [9.17, 15) is 18.4 Å². The van der Waals surface area contributed by atoms with Gasteiger partial charge >= 0.3 is 0 Å². The van der Waals surface area contributed by atoms with Crippen molar-refractivity contribution in [2.75, 3.05) is 11.9 Å². The summed E-state index contributed by atoms with van der Waals surface area (Å²) in [6, 6.07) is 8.91. The molecule has 0 radical (unpaired) electrons. The van der Waals surface area contributed by atoms with E-state index in [0.29, 0.717) is 30.6 Å². The van der Waals surface area contributed by atoms with Gasteiger partial charge in [-0.3, -0.25) is 9.59 Å². The van der Waals surface area contributed by atoms with Crippen LogP contribution in [0.4, 0.5) is 14.5 Å². The number of benzene rings is 2. The fourth-order valence-corrected chi connectivity index (χ4v) is 3.05. The second-order valence-electron chi connectivity index (χ2n) is 6.12. The van der Waals surface area contributed by atoms with Gasteiger partial charge in [0.15, 0.2) is 0 Å². The summed E-state index contributed by atoms with van der Waals surface area (Å²) in [7, 11) is 0. The van der Waals surface area contributed by atoms with Crippen LogP contribution in [0.1, 0.15) is 28.8 Å². The molecule has 1 heterocycles. The summed E-state index contributed by atoms with van der Waals surface area (Å²) in [5.41, 5.74) is 1.34. The number of anilines is 1. The van der Waals surface area contributed by atoms with Crippen LogP contribution >= 0.6 is 0 Å². The fraction of sp³-hybridized carbons (Fsp3) is 0.263. The predicted molar refractivity (Wildman–Crippen MR) is 90.2 cm³/mol. The van der Waals surface area contributed by atoms with Crippen LogP contribution in [0.25, 0.3) is 0 Å². The van der Waals surface area contributed by atoms with E-state index in [2.05, 4.69) is 5.32 Å². The maximum atomic E-state index is 13.4. The van der Waals surface area contributed by atoms with Crippen LogP contribution < -0.4 is 5.32 Å². The lowest BCUT2D eigenvalue weighted by Gasteiger charge is -2.24. The number of amides is 2. The molecule has 0 bridgehead atoms. The molecule has 4 nitrogen and oxygen atoms in total. The van der Waals surface area contributed by atoms with Crippen LogP contribution in [-0.2, 0) is 4.79 Å². The molecule has 6 heteroatoms. The molecular formula is C19H18F2N2O2. The summed E-state index contributed by atoms with van der Waals surface area (Å²) < 4.78 is 26.5. The first-order chi connectivity index (χ1) is 12.0. The number of carbonyl (C=O) groups excluding carboxylic acids is 2. The van der Waals surface area contributed by atoms with Crippen molar-refractivity contribution in [1.29, 1.82) is 0 Å². The molecular weight excluding hydrogens is 326 g/mol. The molecule has 1 saturated heterocycles. The summed E-state index contributed by atoms with van der Waals surface area (Å²) in [5.74, 6) is -1.56. The van der Waals surface area contributed by atoms with Crippen LogP contribution in [0.15, 0.2) is 42.5 Å². The van der Waals surface area contributed by atoms with Crippen molar-refractivity contribution >= 4 is 17.5 Å². The van der Waals surface area contributed by atoms with Crippen LogP contribution in [-0.4, -0.2) is 29.3 Å². The maximum absolute atomic E-state index is 13.4. The van der Waals surface area contributed by atoms with Crippen LogP contribution in [0.3, 0.4) is 0 Å². The molecule has 1 fully saturated rings.